The molecule has 0 aromatic heterocycles. The minimum Gasteiger partial charge on any atom is -0.487 e. The van der Waals surface area contributed by atoms with Crippen molar-refractivity contribution >= 4 is 17.3 Å². The molecule has 4 N–H and O–H groups in total. The molecule has 5 rings (SSSR count). The highest BCUT2D eigenvalue weighted by molar-refractivity contribution is 6.31. The number of halogens is 1. The Morgan fingerprint density at radius 2 is 1.77 bits per heavy atom. The van der Waals surface area contributed by atoms with Crippen molar-refractivity contribution in [3.8, 4) is 5.75 Å². The fraction of sp³-hybridized carbons (Fsp3) is 0.345. The van der Waals surface area contributed by atoms with Crippen molar-refractivity contribution in [2.45, 2.75) is 36.1 Å². The number of rotatable bonds is 9. The number of hydrogen-bond acceptors (Lipinski definition) is 9. The summed E-state index contributed by atoms with van der Waals surface area (Å²) in [7, 11) is 1.49. The topological polar surface area (TPSA) is 130 Å². The zero-order valence-electron chi connectivity index (χ0n) is 21.2. The zero-order chi connectivity index (χ0) is 27.6. The Hall–Kier alpha value is -3.02. The van der Waals surface area contributed by atoms with Crippen molar-refractivity contribution in [2.75, 3.05) is 26.9 Å². The normalized spacial score (nSPS) is 28.4. The summed E-state index contributed by atoms with van der Waals surface area (Å²) >= 11 is 6.51. The van der Waals surface area contributed by atoms with E-state index < -0.39 is 36.3 Å². The van der Waals surface area contributed by atoms with Crippen LogP contribution in [0, 0.1) is 0 Å². The van der Waals surface area contributed by atoms with Crippen LogP contribution in [0.2, 0.25) is 5.02 Å². The van der Waals surface area contributed by atoms with Crippen LogP contribution in [0.1, 0.15) is 22.3 Å². The van der Waals surface area contributed by atoms with Gasteiger partial charge in [0.05, 0.1) is 13.2 Å². The van der Waals surface area contributed by atoms with Crippen LogP contribution < -0.4 is 4.74 Å². The smallest absolute Gasteiger partial charge is 0.225 e. The van der Waals surface area contributed by atoms with Gasteiger partial charge in [-0.3, -0.25) is 0 Å². The van der Waals surface area contributed by atoms with Crippen LogP contribution in [0.15, 0.2) is 78.0 Å². The van der Waals surface area contributed by atoms with Gasteiger partial charge in [-0.1, -0.05) is 65.3 Å². The van der Waals surface area contributed by atoms with Gasteiger partial charge < -0.3 is 39.5 Å². The van der Waals surface area contributed by atoms with Crippen molar-refractivity contribution in [1.29, 1.82) is 0 Å². The van der Waals surface area contributed by atoms with E-state index in [2.05, 4.69) is 5.16 Å². The molecule has 5 atom stereocenters. The number of oxime groups is 1. The monoisotopic (exact) mass is 555 g/mol. The second kappa shape index (κ2) is 11.2. The maximum Gasteiger partial charge on any atom is 0.225 e. The number of hydrogen-bond donors (Lipinski definition) is 4. The molecule has 0 radical (unpaired) electrons. The first-order chi connectivity index (χ1) is 18.8. The lowest BCUT2D eigenvalue weighted by molar-refractivity contribution is -0.329. The quantitative estimate of drug-likeness (QED) is 0.234. The third kappa shape index (κ3) is 5.15. The predicted molar refractivity (Wildman–Crippen MR) is 143 cm³/mol. The van der Waals surface area contributed by atoms with Crippen molar-refractivity contribution in [2.24, 2.45) is 5.16 Å². The van der Waals surface area contributed by atoms with Crippen LogP contribution >= 0.6 is 11.6 Å². The molecule has 10 heteroatoms. The summed E-state index contributed by atoms with van der Waals surface area (Å²) in [5.41, 5.74) is 2.13. The van der Waals surface area contributed by atoms with Crippen LogP contribution in [-0.4, -0.2) is 77.0 Å². The van der Waals surface area contributed by atoms with Gasteiger partial charge in [-0.25, -0.2) is 0 Å². The van der Waals surface area contributed by atoms with E-state index in [1.54, 1.807) is 18.2 Å². The van der Waals surface area contributed by atoms with E-state index in [0.29, 0.717) is 28.5 Å². The van der Waals surface area contributed by atoms with E-state index in [1.807, 2.05) is 54.6 Å². The van der Waals surface area contributed by atoms with Gasteiger partial charge in [0.2, 0.25) is 5.79 Å². The SMILES string of the molecule is CON=C(COc1ccc(Cc2cc([C@]34OC[C@](CO)(O3)[C@@H](O)[C@H](O)[C@H]4O)ccc2Cl)cc1)c1ccccc1. The average molecular weight is 556 g/mol. The van der Waals surface area contributed by atoms with Crippen LogP contribution in [0.5, 0.6) is 5.75 Å². The molecule has 3 aromatic carbocycles. The molecule has 2 fully saturated rings. The first kappa shape index (κ1) is 27.5. The predicted octanol–water partition coefficient (Wildman–Crippen LogP) is 2.39. The fourth-order valence-electron chi connectivity index (χ4n) is 4.98. The first-order valence-corrected chi connectivity index (χ1v) is 12.8. The van der Waals surface area contributed by atoms with Crippen LogP contribution in [-0.2, 0) is 26.5 Å². The van der Waals surface area contributed by atoms with E-state index in [4.69, 9.17) is 30.6 Å². The molecule has 2 heterocycles. The Morgan fingerprint density at radius 3 is 2.46 bits per heavy atom. The second-order valence-corrected chi connectivity index (χ2v) is 10.1. The summed E-state index contributed by atoms with van der Waals surface area (Å²) in [6, 6.07) is 22.2. The second-order valence-electron chi connectivity index (χ2n) is 9.66. The van der Waals surface area contributed by atoms with Gasteiger partial charge in [-0.2, -0.15) is 0 Å². The standard InChI is InChI=1S/C29H30ClNO8/c1-36-31-24(19-5-3-2-4-6-19)15-37-22-10-7-18(8-11-22)13-20-14-21(9-12-23(20)30)29-27(35)25(33)26(34)28(16-32,39-29)17-38-29/h2-12,14,25-27,32-35H,13,15-17H2,1H3/t25-,26-,27+,28-,29-/m0/s1. The van der Waals surface area contributed by atoms with E-state index in [-0.39, 0.29) is 13.2 Å². The summed E-state index contributed by atoms with van der Waals surface area (Å²) in [6.45, 7) is -0.552. The van der Waals surface area contributed by atoms with E-state index in [9.17, 15) is 20.4 Å². The summed E-state index contributed by atoms with van der Waals surface area (Å²) in [6.07, 6.45) is -4.21. The summed E-state index contributed by atoms with van der Waals surface area (Å²) in [4.78, 5) is 4.97. The van der Waals surface area contributed by atoms with Crippen molar-refractivity contribution in [3.63, 3.8) is 0 Å². The molecule has 0 aliphatic carbocycles. The Balaban J connectivity index is 1.31. The van der Waals surface area contributed by atoms with Crippen LogP contribution in [0.25, 0.3) is 0 Å². The highest BCUT2D eigenvalue weighted by Crippen LogP contribution is 2.49. The number of aliphatic hydroxyl groups is 4. The van der Waals surface area contributed by atoms with Crippen molar-refractivity contribution < 1.29 is 39.5 Å². The number of fused-ring (bicyclic) bond motifs is 2. The largest absolute Gasteiger partial charge is 0.487 e. The molecule has 0 unspecified atom stereocenters. The lowest BCUT2D eigenvalue weighted by Gasteiger charge is -2.46. The molecule has 3 aromatic rings. The van der Waals surface area contributed by atoms with Gasteiger partial charge in [-0.15, -0.1) is 0 Å². The number of benzene rings is 3. The molecule has 206 valence electrons. The average Bonchev–Trinajstić information content (AvgIpc) is 3.35. The Morgan fingerprint density at radius 1 is 1.03 bits per heavy atom. The van der Waals surface area contributed by atoms with Gasteiger partial charge in [0, 0.05) is 16.1 Å². The molecule has 0 amide bonds. The minimum absolute atomic E-state index is 0.195. The molecule has 2 aliphatic heterocycles. The summed E-state index contributed by atoms with van der Waals surface area (Å²) in [5.74, 6) is -1.10. The number of ether oxygens (including phenoxy) is 3. The van der Waals surface area contributed by atoms with Crippen LogP contribution in [0.4, 0.5) is 0 Å². The zero-order valence-corrected chi connectivity index (χ0v) is 22.0. The van der Waals surface area contributed by atoms with Gasteiger partial charge in [0.15, 0.2) is 0 Å². The van der Waals surface area contributed by atoms with Crippen molar-refractivity contribution in [1.82, 2.24) is 0 Å². The lowest BCUT2D eigenvalue weighted by atomic mass is 9.83. The Labute approximate surface area is 230 Å². The molecule has 39 heavy (non-hydrogen) atoms. The van der Waals surface area contributed by atoms with Crippen molar-refractivity contribution in [3.05, 3.63) is 100 Å². The molecular weight excluding hydrogens is 526 g/mol. The highest BCUT2D eigenvalue weighted by Gasteiger charge is 2.67. The molecular formula is C29H30ClNO8. The van der Waals surface area contributed by atoms with Gasteiger partial charge in [0.25, 0.3) is 0 Å². The van der Waals surface area contributed by atoms with Gasteiger partial charge in [-0.05, 0) is 41.8 Å². The third-order valence-corrected chi connectivity index (χ3v) is 7.55. The van der Waals surface area contributed by atoms with Gasteiger partial charge in [0.1, 0.15) is 49.1 Å². The summed E-state index contributed by atoms with van der Waals surface area (Å²) in [5, 5.41) is 46.1. The molecule has 9 nitrogen and oxygen atoms in total. The molecule has 2 aliphatic rings. The third-order valence-electron chi connectivity index (χ3n) is 7.18. The van der Waals surface area contributed by atoms with E-state index in [0.717, 1.165) is 16.7 Å². The molecule has 2 bridgehead atoms. The minimum atomic E-state index is -1.75. The maximum absolute atomic E-state index is 10.8. The molecule has 0 spiro atoms. The fourth-order valence-corrected chi connectivity index (χ4v) is 5.16. The molecule has 2 saturated heterocycles. The first-order valence-electron chi connectivity index (χ1n) is 12.5. The molecule has 0 saturated carbocycles. The Kier molecular flexibility index (Phi) is 7.93. The number of nitrogens with zero attached hydrogens (tertiary/aromatic N) is 1. The van der Waals surface area contributed by atoms with E-state index in [1.165, 1.54) is 7.11 Å². The van der Waals surface area contributed by atoms with Crippen LogP contribution in [0.3, 0.4) is 0 Å². The maximum atomic E-state index is 10.8. The van der Waals surface area contributed by atoms with E-state index >= 15 is 0 Å². The van der Waals surface area contributed by atoms with Gasteiger partial charge >= 0.3 is 0 Å². The lowest BCUT2D eigenvalue weighted by Crippen LogP contribution is -2.65. The summed E-state index contributed by atoms with van der Waals surface area (Å²) < 4.78 is 17.7. The number of aliphatic hydroxyl groups excluding tert-OH is 4. The highest BCUT2D eigenvalue weighted by atomic mass is 35.5. The Bertz CT molecular complexity index is 1320.